The van der Waals surface area contributed by atoms with E-state index in [1.807, 2.05) is 11.0 Å². The number of nitrogens with zero attached hydrogens (tertiary/aromatic N) is 2. The van der Waals surface area contributed by atoms with Gasteiger partial charge in [-0.1, -0.05) is 18.2 Å². The van der Waals surface area contributed by atoms with Crippen molar-refractivity contribution in [1.82, 2.24) is 14.8 Å². The van der Waals surface area contributed by atoms with Crippen LogP contribution in [0.5, 0.6) is 0 Å². The van der Waals surface area contributed by atoms with Gasteiger partial charge in [-0.15, -0.1) is 0 Å². The Balaban J connectivity index is 1.94. The number of piperidine rings is 1. The van der Waals surface area contributed by atoms with Gasteiger partial charge in [-0.2, -0.15) is 0 Å². The number of pyridine rings is 1. The van der Waals surface area contributed by atoms with Gasteiger partial charge in [0.25, 0.3) is 11.5 Å². The number of H-pyrrole nitrogens is 1. The maximum Gasteiger partial charge on any atom is 0.256 e. The van der Waals surface area contributed by atoms with Gasteiger partial charge in [0, 0.05) is 50.1 Å². The van der Waals surface area contributed by atoms with Crippen LogP contribution in [0.1, 0.15) is 36.5 Å². The van der Waals surface area contributed by atoms with Gasteiger partial charge in [-0.25, -0.2) is 0 Å². The Hall–Kier alpha value is -2.63. The summed E-state index contributed by atoms with van der Waals surface area (Å²) in [6.07, 6.45) is 4.39. The summed E-state index contributed by atoms with van der Waals surface area (Å²) in [6.45, 7) is 2.73. The summed E-state index contributed by atoms with van der Waals surface area (Å²) in [5, 5.41) is 1.18. The molecule has 1 N–H and O–H groups in total. The van der Waals surface area contributed by atoms with E-state index in [4.69, 9.17) is 0 Å². The van der Waals surface area contributed by atoms with E-state index in [1.165, 1.54) is 13.1 Å². The minimum absolute atomic E-state index is 0.000778. The molecule has 3 rings (SSSR count). The van der Waals surface area contributed by atoms with Crippen LogP contribution in [0.3, 0.4) is 0 Å². The van der Waals surface area contributed by atoms with Crippen molar-refractivity contribution in [2.45, 2.75) is 32.2 Å². The van der Waals surface area contributed by atoms with Crippen molar-refractivity contribution >= 4 is 22.6 Å². The zero-order valence-electron chi connectivity index (χ0n) is 14.6. The zero-order chi connectivity index (χ0) is 18.0. The maximum atomic E-state index is 13.2. The van der Waals surface area contributed by atoms with Gasteiger partial charge < -0.3 is 14.8 Å². The lowest BCUT2D eigenvalue weighted by molar-refractivity contribution is -0.128. The largest absolute Gasteiger partial charge is 0.344 e. The standard InChI is InChI=1S/C19H23N3O3/c1-13(23)21(2)12-14-7-5-6-10-22(14)19(25)17-11-20-18(24)16-9-4-3-8-15(16)17/h3-4,8-9,11,14H,5-7,10,12H2,1-2H3,(H,20,24)/t14-/m1/s1. The Kier molecular flexibility index (Phi) is 4.88. The number of benzene rings is 1. The van der Waals surface area contributed by atoms with Gasteiger partial charge in [0.1, 0.15) is 0 Å². The molecule has 6 nitrogen and oxygen atoms in total. The summed E-state index contributed by atoms with van der Waals surface area (Å²) in [5.41, 5.74) is 0.311. The third-order valence-electron chi connectivity index (χ3n) is 4.95. The van der Waals surface area contributed by atoms with Gasteiger partial charge in [0.15, 0.2) is 0 Å². The lowest BCUT2D eigenvalue weighted by atomic mass is 9.99. The molecule has 0 unspecified atom stereocenters. The predicted molar refractivity (Wildman–Crippen MR) is 96.6 cm³/mol. The summed E-state index contributed by atoms with van der Waals surface area (Å²) < 4.78 is 0. The first kappa shape index (κ1) is 17.2. The maximum absolute atomic E-state index is 13.2. The molecule has 0 bridgehead atoms. The fourth-order valence-electron chi connectivity index (χ4n) is 3.44. The van der Waals surface area contributed by atoms with Crippen LogP contribution in [0.15, 0.2) is 35.3 Å². The number of nitrogens with one attached hydrogen (secondary N) is 1. The number of likely N-dealkylation sites (tertiary alicyclic amines) is 1. The normalized spacial score (nSPS) is 17.5. The molecule has 1 aliphatic rings. The second-order valence-electron chi connectivity index (χ2n) is 6.62. The second kappa shape index (κ2) is 7.09. The molecular weight excluding hydrogens is 318 g/mol. The van der Waals surface area contributed by atoms with E-state index in [9.17, 15) is 14.4 Å². The van der Waals surface area contributed by atoms with Crippen LogP contribution < -0.4 is 5.56 Å². The number of fused-ring (bicyclic) bond motifs is 1. The molecule has 1 atom stereocenters. The van der Waals surface area contributed by atoms with Crippen molar-refractivity contribution in [1.29, 1.82) is 0 Å². The smallest absolute Gasteiger partial charge is 0.256 e. The Morgan fingerprint density at radius 1 is 1.24 bits per heavy atom. The average Bonchev–Trinajstić information content (AvgIpc) is 2.62. The Morgan fingerprint density at radius 3 is 2.68 bits per heavy atom. The summed E-state index contributed by atoms with van der Waals surface area (Å²) in [7, 11) is 1.76. The first-order chi connectivity index (χ1) is 12.0. The Bertz CT molecular complexity index is 858. The molecule has 25 heavy (non-hydrogen) atoms. The van der Waals surface area contributed by atoms with Crippen molar-refractivity contribution in [3.8, 4) is 0 Å². The lowest BCUT2D eigenvalue weighted by Gasteiger charge is -2.38. The molecule has 132 valence electrons. The van der Waals surface area contributed by atoms with Crippen molar-refractivity contribution in [2.24, 2.45) is 0 Å². The highest BCUT2D eigenvalue weighted by Crippen LogP contribution is 2.23. The SMILES string of the molecule is CC(=O)N(C)C[C@H]1CCCCN1C(=O)c1c[nH]c(=O)c2ccccc12. The van der Waals surface area contributed by atoms with Crippen LogP contribution >= 0.6 is 0 Å². The van der Waals surface area contributed by atoms with E-state index in [0.717, 1.165) is 19.3 Å². The van der Waals surface area contributed by atoms with Crippen molar-refractivity contribution in [3.63, 3.8) is 0 Å². The topological polar surface area (TPSA) is 73.5 Å². The monoisotopic (exact) mass is 341 g/mol. The molecule has 2 heterocycles. The minimum atomic E-state index is -0.196. The Morgan fingerprint density at radius 2 is 1.96 bits per heavy atom. The number of likely N-dealkylation sites (N-methyl/N-ethyl adjacent to an activating group) is 1. The molecule has 1 saturated heterocycles. The van der Waals surface area contributed by atoms with E-state index < -0.39 is 0 Å². The van der Waals surface area contributed by atoms with E-state index in [-0.39, 0.29) is 23.4 Å². The highest BCUT2D eigenvalue weighted by Gasteiger charge is 2.29. The molecule has 0 aliphatic carbocycles. The van der Waals surface area contributed by atoms with E-state index in [2.05, 4.69) is 4.98 Å². The number of amides is 2. The molecule has 2 amide bonds. The first-order valence-electron chi connectivity index (χ1n) is 8.62. The highest BCUT2D eigenvalue weighted by molar-refractivity contribution is 6.06. The van der Waals surface area contributed by atoms with E-state index in [0.29, 0.717) is 29.4 Å². The Labute approximate surface area is 146 Å². The summed E-state index contributed by atoms with van der Waals surface area (Å²) in [6, 6.07) is 7.15. The molecule has 1 aromatic heterocycles. The average molecular weight is 341 g/mol. The third kappa shape index (κ3) is 3.43. The highest BCUT2D eigenvalue weighted by atomic mass is 16.2. The lowest BCUT2D eigenvalue weighted by Crippen LogP contribution is -2.49. The zero-order valence-corrected chi connectivity index (χ0v) is 14.6. The molecular formula is C19H23N3O3. The van der Waals surface area contributed by atoms with Crippen LogP contribution in [0.4, 0.5) is 0 Å². The number of carbonyl (C=O) groups excluding carboxylic acids is 2. The van der Waals surface area contributed by atoms with Crippen LogP contribution in [0.25, 0.3) is 10.8 Å². The molecule has 0 saturated carbocycles. The van der Waals surface area contributed by atoms with Crippen LogP contribution in [-0.2, 0) is 4.79 Å². The van der Waals surface area contributed by atoms with E-state index in [1.54, 1.807) is 30.1 Å². The summed E-state index contributed by atoms with van der Waals surface area (Å²) >= 11 is 0. The second-order valence-corrected chi connectivity index (χ2v) is 6.62. The fraction of sp³-hybridized carbons (Fsp3) is 0.421. The van der Waals surface area contributed by atoms with Crippen LogP contribution in [-0.4, -0.2) is 52.8 Å². The molecule has 0 spiro atoms. The van der Waals surface area contributed by atoms with Gasteiger partial charge in [-0.05, 0) is 25.3 Å². The number of aromatic amines is 1. The first-order valence-corrected chi connectivity index (χ1v) is 8.62. The number of aromatic nitrogens is 1. The summed E-state index contributed by atoms with van der Waals surface area (Å²) in [5.74, 6) is -0.0958. The summed E-state index contributed by atoms with van der Waals surface area (Å²) in [4.78, 5) is 42.9. The van der Waals surface area contributed by atoms with Gasteiger partial charge in [0.2, 0.25) is 5.91 Å². The van der Waals surface area contributed by atoms with Crippen molar-refractivity contribution in [3.05, 3.63) is 46.4 Å². The molecule has 2 aromatic rings. The van der Waals surface area contributed by atoms with Gasteiger partial charge in [0.05, 0.1) is 5.56 Å². The quantitative estimate of drug-likeness (QED) is 0.928. The predicted octanol–water partition coefficient (Wildman–Crippen LogP) is 2.00. The van der Waals surface area contributed by atoms with Crippen LogP contribution in [0.2, 0.25) is 0 Å². The number of hydrogen-bond donors (Lipinski definition) is 1. The number of hydrogen-bond acceptors (Lipinski definition) is 3. The van der Waals surface area contributed by atoms with E-state index >= 15 is 0 Å². The van der Waals surface area contributed by atoms with Crippen molar-refractivity contribution < 1.29 is 9.59 Å². The van der Waals surface area contributed by atoms with Gasteiger partial charge in [-0.3, -0.25) is 14.4 Å². The fourth-order valence-corrected chi connectivity index (χ4v) is 3.44. The number of rotatable bonds is 3. The van der Waals surface area contributed by atoms with Crippen LogP contribution in [0, 0.1) is 0 Å². The molecule has 1 fully saturated rings. The molecule has 1 aliphatic heterocycles. The molecule has 6 heteroatoms. The molecule has 1 aromatic carbocycles. The minimum Gasteiger partial charge on any atom is -0.344 e. The third-order valence-corrected chi connectivity index (χ3v) is 4.95. The number of carbonyl (C=O) groups is 2. The molecule has 0 radical (unpaired) electrons. The van der Waals surface area contributed by atoms with Gasteiger partial charge >= 0.3 is 0 Å². The van der Waals surface area contributed by atoms with Crippen molar-refractivity contribution in [2.75, 3.05) is 20.1 Å².